The topological polar surface area (TPSA) is 244 Å². The van der Waals surface area contributed by atoms with Gasteiger partial charge < -0.3 is 29.9 Å². The van der Waals surface area contributed by atoms with Crippen LogP contribution < -0.4 is 29.6 Å². The van der Waals surface area contributed by atoms with Crippen LogP contribution in [0.2, 0.25) is 0 Å². The zero-order valence-corrected chi connectivity index (χ0v) is 21.2. The van der Waals surface area contributed by atoms with Crippen LogP contribution in [0.4, 0.5) is 0 Å². The Bertz CT molecular complexity index is 1020. The summed E-state index contributed by atoms with van der Waals surface area (Å²) in [4.78, 5) is 11.9. The van der Waals surface area contributed by atoms with Crippen molar-refractivity contribution in [3.8, 4) is 0 Å². The Morgan fingerprint density at radius 1 is 1.12 bits per heavy atom. The second kappa shape index (κ2) is 12.5. The maximum atomic E-state index is 11.9. The molecule has 1 fully saturated rings. The first-order valence-electron chi connectivity index (χ1n) is 9.04. The van der Waals surface area contributed by atoms with E-state index in [1.54, 1.807) is 30.3 Å². The number of hydrogen-bond donors (Lipinski definition) is 6. The standard InChI is InChI=1S/C16H22O15S2.Na/c17-10-6-16(15(20)21,28-7-9-4-2-1-3-5-9)30-14(12(10)18)13(19)11(31-33(25,26)27)8-29-32(22,23)24;/h1-5,10-14,17-19H,6-8H2,(H,20,21)(H,22,23,24)(H,25,26,27);/q;+1/t10-,11+,12-,13?,14+,16-;/m1./s1. The Hall–Kier alpha value is -0.770. The molecule has 0 spiro atoms. The van der Waals surface area contributed by atoms with Crippen molar-refractivity contribution in [1.82, 2.24) is 0 Å². The molecule has 34 heavy (non-hydrogen) atoms. The van der Waals surface area contributed by atoms with E-state index in [0.717, 1.165) is 0 Å². The number of aliphatic carboxylic acids is 1. The van der Waals surface area contributed by atoms with Gasteiger partial charge in [-0.25, -0.2) is 13.2 Å². The van der Waals surface area contributed by atoms with Gasteiger partial charge in [-0.1, -0.05) is 30.3 Å². The van der Waals surface area contributed by atoms with Gasteiger partial charge in [0.05, 0.1) is 19.3 Å². The molecule has 0 amide bonds. The third-order valence-corrected chi connectivity index (χ3v) is 5.44. The summed E-state index contributed by atoms with van der Waals surface area (Å²) in [5.41, 5.74) is 0.494. The largest absolute Gasteiger partial charge is 1.00 e. The molecular weight excluding hydrogens is 519 g/mol. The van der Waals surface area contributed by atoms with Crippen molar-refractivity contribution >= 4 is 26.8 Å². The summed E-state index contributed by atoms with van der Waals surface area (Å²) in [6, 6.07) is 8.11. The summed E-state index contributed by atoms with van der Waals surface area (Å²) < 4.78 is 79.9. The first-order valence-corrected chi connectivity index (χ1v) is 11.8. The van der Waals surface area contributed by atoms with Crippen molar-refractivity contribution in [1.29, 1.82) is 0 Å². The Kier molecular flexibility index (Phi) is 11.5. The molecule has 0 radical (unpaired) electrons. The SMILES string of the molecule is O=C(O)[C@@]1(OCc2ccccc2)C[C@@H](O)[C@@H](O)[C@@H](C(O)[C@H](COS(=O)(=O)O)OS(=O)(=O)O)O1.[Na+]. The van der Waals surface area contributed by atoms with E-state index in [9.17, 15) is 42.1 Å². The van der Waals surface area contributed by atoms with Gasteiger partial charge in [-0.3, -0.25) is 9.11 Å². The van der Waals surface area contributed by atoms with Crippen molar-refractivity contribution in [3.63, 3.8) is 0 Å². The summed E-state index contributed by atoms with van der Waals surface area (Å²) >= 11 is 0. The quantitative estimate of drug-likeness (QED) is 0.113. The van der Waals surface area contributed by atoms with Gasteiger partial charge in [0.15, 0.2) is 0 Å². The van der Waals surface area contributed by atoms with Crippen LogP contribution in [0.15, 0.2) is 30.3 Å². The fraction of sp³-hybridized carbons (Fsp3) is 0.562. The Morgan fingerprint density at radius 3 is 2.21 bits per heavy atom. The number of carbonyl (C=O) groups is 1. The molecule has 1 heterocycles. The summed E-state index contributed by atoms with van der Waals surface area (Å²) in [6.45, 7) is -1.77. The van der Waals surface area contributed by atoms with Gasteiger partial charge in [0.1, 0.15) is 24.4 Å². The van der Waals surface area contributed by atoms with Gasteiger partial charge in [0, 0.05) is 6.42 Å². The molecular formula is C16H22NaO15S2+. The van der Waals surface area contributed by atoms with Crippen LogP contribution in [0.1, 0.15) is 12.0 Å². The van der Waals surface area contributed by atoms with Gasteiger partial charge in [-0.05, 0) is 5.56 Å². The number of rotatable bonds is 11. The predicted molar refractivity (Wildman–Crippen MR) is 103 cm³/mol. The third-order valence-electron chi connectivity index (χ3n) is 4.52. The summed E-state index contributed by atoms with van der Waals surface area (Å²) in [5, 5.41) is 40.6. The molecule has 18 heteroatoms. The molecule has 15 nitrogen and oxygen atoms in total. The van der Waals surface area contributed by atoms with Crippen LogP contribution in [0.3, 0.4) is 0 Å². The van der Waals surface area contributed by atoms with Crippen LogP contribution in [-0.4, -0.2) is 95.3 Å². The van der Waals surface area contributed by atoms with E-state index in [1.807, 2.05) is 0 Å². The average molecular weight is 541 g/mol. The molecule has 0 saturated carbocycles. The molecule has 6 atom stereocenters. The van der Waals surface area contributed by atoms with E-state index in [2.05, 4.69) is 8.37 Å². The molecule has 6 N–H and O–H groups in total. The maximum absolute atomic E-state index is 11.9. The fourth-order valence-corrected chi connectivity index (χ4v) is 3.78. The molecule has 1 aromatic carbocycles. The number of carboxylic acids is 1. The molecule has 1 aromatic rings. The molecule has 1 saturated heterocycles. The molecule has 0 aliphatic carbocycles. The molecule has 0 bridgehead atoms. The Balaban J connectivity index is 0.00000578. The normalized spacial score (nSPS) is 27.4. The van der Waals surface area contributed by atoms with Gasteiger partial charge in [0.2, 0.25) is 0 Å². The number of carboxylic acid groups (broad SMARTS) is 1. The van der Waals surface area contributed by atoms with E-state index in [0.29, 0.717) is 5.56 Å². The smallest absolute Gasteiger partial charge is 0.477 e. The first kappa shape index (κ1) is 31.3. The van der Waals surface area contributed by atoms with Gasteiger partial charge >= 0.3 is 56.3 Å². The molecule has 0 aromatic heterocycles. The zero-order chi connectivity index (χ0) is 25.0. The van der Waals surface area contributed by atoms with Crippen LogP contribution >= 0.6 is 0 Å². The van der Waals surface area contributed by atoms with Crippen molar-refractivity contribution in [2.24, 2.45) is 0 Å². The average Bonchev–Trinajstić information content (AvgIpc) is 2.70. The third kappa shape index (κ3) is 9.03. The van der Waals surface area contributed by atoms with Gasteiger partial charge in [-0.15, -0.1) is 0 Å². The van der Waals surface area contributed by atoms with Crippen molar-refractivity contribution in [3.05, 3.63) is 35.9 Å². The van der Waals surface area contributed by atoms with Crippen LogP contribution in [0, 0.1) is 0 Å². The van der Waals surface area contributed by atoms with Crippen molar-refractivity contribution in [2.75, 3.05) is 6.61 Å². The second-order valence-electron chi connectivity index (χ2n) is 6.94. The first-order chi connectivity index (χ1) is 15.1. The van der Waals surface area contributed by atoms with Crippen LogP contribution in [0.25, 0.3) is 0 Å². The number of hydrogen-bond acceptors (Lipinski definition) is 12. The fourth-order valence-electron chi connectivity index (χ4n) is 3.00. The van der Waals surface area contributed by atoms with E-state index >= 15 is 0 Å². The minimum atomic E-state index is -5.36. The van der Waals surface area contributed by atoms with Crippen LogP contribution in [0.5, 0.6) is 0 Å². The summed E-state index contributed by atoms with van der Waals surface area (Å²) in [5.74, 6) is -4.42. The van der Waals surface area contributed by atoms with Crippen LogP contribution in [-0.2, 0) is 50.0 Å². The molecule has 1 aliphatic heterocycles. The monoisotopic (exact) mass is 541 g/mol. The molecule has 1 unspecified atom stereocenters. The minimum absolute atomic E-state index is 0. The number of aliphatic hydroxyl groups excluding tert-OH is 3. The van der Waals surface area contributed by atoms with Crippen molar-refractivity contribution in [2.45, 2.75) is 49.3 Å². The second-order valence-corrected chi connectivity index (χ2v) is 9.08. The minimum Gasteiger partial charge on any atom is -0.477 e. The van der Waals surface area contributed by atoms with Gasteiger partial charge in [0.25, 0.3) is 5.79 Å². The van der Waals surface area contributed by atoms with E-state index in [4.69, 9.17) is 18.6 Å². The number of ether oxygens (including phenoxy) is 2. The van der Waals surface area contributed by atoms with Crippen molar-refractivity contribution < 1.29 is 98.6 Å². The summed E-state index contributed by atoms with van der Waals surface area (Å²) in [7, 11) is -10.5. The Morgan fingerprint density at radius 2 is 1.71 bits per heavy atom. The molecule has 188 valence electrons. The van der Waals surface area contributed by atoms with Gasteiger partial charge in [-0.2, -0.15) is 16.8 Å². The number of aliphatic hydroxyl groups is 3. The van der Waals surface area contributed by atoms with E-state index in [-0.39, 0.29) is 36.2 Å². The molecule has 1 aliphatic rings. The number of benzene rings is 1. The Labute approximate surface area is 216 Å². The van der Waals surface area contributed by atoms with E-state index < -0.39 is 76.1 Å². The zero-order valence-electron chi connectivity index (χ0n) is 17.6. The maximum Gasteiger partial charge on any atom is 1.00 e. The molecule has 2 rings (SSSR count). The van der Waals surface area contributed by atoms with E-state index in [1.165, 1.54) is 0 Å². The summed E-state index contributed by atoms with van der Waals surface area (Å²) in [6.07, 6.45) is -11.7. The predicted octanol–water partition coefficient (Wildman–Crippen LogP) is -5.13.